The highest BCUT2D eigenvalue weighted by Crippen LogP contribution is 2.27. The van der Waals surface area contributed by atoms with Gasteiger partial charge in [-0.2, -0.15) is 0 Å². The van der Waals surface area contributed by atoms with Crippen molar-refractivity contribution < 1.29 is 24.7 Å². The number of thioether (sulfide) groups is 1. The zero-order valence-corrected chi connectivity index (χ0v) is 19.0. The third-order valence-electron chi connectivity index (χ3n) is 4.48. The molecule has 0 saturated carbocycles. The summed E-state index contributed by atoms with van der Waals surface area (Å²) in [5.41, 5.74) is 1.15. The number of amides is 4. The van der Waals surface area contributed by atoms with Crippen molar-refractivity contribution in [2.75, 3.05) is 13.6 Å². The van der Waals surface area contributed by atoms with E-state index in [-0.39, 0.29) is 28.7 Å². The van der Waals surface area contributed by atoms with Gasteiger partial charge in [-0.25, -0.2) is 4.79 Å². The molecule has 4 N–H and O–H groups in total. The smallest absolute Gasteiger partial charge is 0.348 e. The SMILES string of the molecule is CNC(=O)[C@H](CC(C)C)[C@H](O)C(=O)N(O)C(=O)NCC(C)(C)SCc1ccccc1. The third kappa shape index (κ3) is 8.33. The van der Waals surface area contributed by atoms with E-state index in [4.69, 9.17) is 0 Å². The number of imide groups is 1. The summed E-state index contributed by atoms with van der Waals surface area (Å²) in [5, 5.41) is 25.0. The van der Waals surface area contributed by atoms with Crippen LogP contribution in [0, 0.1) is 11.8 Å². The van der Waals surface area contributed by atoms with E-state index in [1.165, 1.54) is 7.05 Å². The molecule has 0 spiro atoms. The van der Waals surface area contributed by atoms with Crippen molar-refractivity contribution in [3.63, 3.8) is 0 Å². The second kappa shape index (κ2) is 11.9. The molecular formula is C21H33N3O5S. The van der Waals surface area contributed by atoms with Gasteiger partial charge in [0.05, 0.1) is 5.92 Å². The first kappa shape index (κ1) is 25.9. The van der Waals surface area contributed by atoms with E-state index in [9.17, 15) is 24.7 Å². The summed E-state index contributed by atoms with van der Waals surface area (Å²) in [5.74, 6) is -2.07. The Morgan fingerprint density at radius 1 is 1.17 bits per heavy atom. The van der Waals surface area contributed by atoms with Crippen LogP contribution < -0.4 is 10.6 Å². The lowest BCUT2D eigenvalue weighted by molar-refractivity contribution is -0.167. The van der Waals surface area contributed by atoms with Crippen molar-refractivity contribution in [2.24, 2.45) is 11.8 Å². The van der Waals surface area contributed by atoms with E-state index in [2.05, 4.69) is 10.6 Å². The Hall–Kier alpha value is -2.10. The molecule has 0 bridgehead atoms. The molecule has 0 heterocycles. The molecule has 0 unspecified atom stereocenters. The zero-order valence-electron chi connectivity index (χ0n) is 18.2. The lowest BCUT2D eigenvalue weighted by Crippen LogP contribution is -2.52. The highest BCUT2D eigenvalue weighted by atomic mass is 32.2. The molecule has 0 aliphatic rings. The number of hydroxylamine groups is 2. The van der Waals surface area contributed by atoms with E-state index in [1.54, 1.807) is 11.8 Å². The van der Waals surface area contributed by atoms with E-state index >= 15 is 0 Å². The fourth-order valence-corrected chi connectivity index (χ4v) is 3.66. The van der Waals surface area contributed by atoms with Gasteiger partial charge in [-0.15, -0.1) is 16.8 Å². The molecule has 0 fully saturated rings. The lowest BCUT2D eigenvalue weighted by Gasteiger charge is -2.27. The van der Waals surface area contributed by atoms with E-state index in [0.717, 1.165) is 11.3 Å². The number of carbonyl (C=O) groups excluding carboxylic acids is 3. The lowest BCUT2D eigenvalue weighted by atomic mass is 9.90. The van der Waals surface area contributed by atoms with Crippen LogP contribution in [0.1, 0.15) is 39.7 Å². The molecule has 8 nitrogen and oxygen atoms in total. The minimum Gasteiger partial charge on any atom is -0.382 e. The average molecular weight is 440 g/mol. The zero-order chi connectivity index (χ0) is 22.9. The Kier molecular flexibility index (Phi) is 10.3. The first-order valence-electron chi connectivity index (χ1n) is 9.86. The van der Waals surface area contributed by atoms with Crippen LogP contribution in [0.5, 0.6) is 0 Å². The third-order valence-corrected chi connectivity index (χ3v) is 5.88. The number of rotatable bonds is 10. The summed E-state index contributed by atoms with van der Waals surface area (Å²) in [6.07, 6.45) is -1.60. The first-order valence-corrected chi connectivity index (χ1v) is 10.8. The molecule has 1 aromatic rings. The van der Waals surface area contributed by atoms with Crippen LogP contribution in [0.15, 0.2) is 30.3 Å². The van der Waals surface area contributed by atoms with Crippen LogP contribution >= 0.6 is 11.8 Å². The second-order valence-electron chi connectivity index (χ2n) is 8.14. The van der Waals surface area contributed by atoms with Crippen molar-refractivity contribution in [3.05, 3.63) is 35.9 Å². The van der Waals surface area contributed by atoms with E-state index in [0.29, 0.717) is 0 Å². The summed E-state index contributed by atoms with van der Waals surface area (Å²) in [6.45, 7) is 7.74. The molecule has 0 radical (unpaired) electrons. The number of urea groups is 1. The fourth-order valence-electron chi connectivity index (χ4n) is 2.74. The van der Waals surface area contributed by atoms with E-state index < -0.39 is 29.9 Å². The Labute approximate surface area is 182 Å². The maximum Gasteiger partial charge on any atom is 0.348 e. The first-order chi connectivity index (χ1) is 14.0. The van der Waals surface area contributed by atoms with Crippen molar-refractivity contribution in [3.8, 4) is 0 Å². The minimum atomic E-state index is -1.83. The van der Waals surface area contributed by atoms with Gasteiger partial charge in [-0.3, -0.25) is 14.8 Å². The average Bonchev–Trinajstić information content (AvgIpc) is 2.73. The number of benzene rings is 1. The van der Waals surface area contributed by atoms with Gasteiger partial charge in [-0.1, -0.05) is 44.2 Å². The van der Waals surface area contributed by atoms with Crippen LogP contribution in [0.25, 0.3) is 0 Å². The Balaban J connectivity index is 2.64. The van der Waals surface area contributed by atoms with Crippen molar-refractivity contribution in [1.29, 1.82) is 0 Å². The van der Waals surface area contributed by atoms with Gasteiger partial charge in [0.15, 0.2) is 0 Å². The molecule has 0 aromatic heterocycles. The van der Waals surface area contributed by atoms with Crippen LogP contribution in [-0.2, 0) is 15.3 Å². The van der Waals surface area contributed by atoms with Crippen molar-refractivity contribution in [2.45, 2.75) is 50.7 Å². The van der Waals surface area contributed by atoms with Crippen LogP contribution in [0.2, 0.25) is 0 Å². The van der Waals surface area contributed by atoms with E-state index in [1.807, 2.05) is 58.0 Å². The fraction of sp³-hybridized carbons (Fsp3) is 0.571. The second-order valence-corrected chi connectivity index (χ2v) is 9.82. The van der Waals surface area contributed by atoms with Gasteiger partial charge in [0, 0.05) is 24.1 Å². The molecule has 1 rings (SSSR count). The van der Waals surface area contributed by atoms with Gasteiger partial charge in [-0.05, 0) is 31.7 Å². The molecule has 30 heavy (non-hydrogen) atoms. The standard InChI is InChI=1S/C21H33N3O5S/c1-14(2)11-16(18(26)22-5)17(25)19(27)24(29)20(28)23-13-21(3,4)30-12-15-9-7-6-8-10-15/h6-10,14,16-17,25,29H,11-13H2,1-5H3,(H,22,26)(H,23,28)/t16-,17+/m1/s1. The topological polar surface area (TPSA) is 119 Å². The van der Waals surface area contributed by atoms with Crippen molar-refractivity contribution >= 4 is 29.6 Å². The monoisotopic (exact) mass is 439 g/mol. The molecule has 9 heteroatoms. The molecular weight excluding hydrogens is 406 g/mol. The van der Waals surface area contributed by atoms with Gasteiger partial charge in [0.2, 0.25) is 5.91 Å². The van der Waals surface area contributed by atoms with Crippen LogP contribution in [0.4, 0.5) is 4.79 Å². The summed E-state index contributed by atoms with van der Waals surface area (Å²) >= 11 is 1.62. The number of hydrogen-bond donors (Lipinski definition) is 4. The Bertz CT molecular complexity index is 712. The molecule has 168 valence electrons. The van der Waals surface area contributed by atoms with Gasteiger partial charge in [0.25, 0.3) is 5.91 Å². The molecule has 0 aliphatic carbocycles. The predicted octanol–water partition coefficient (Wildman–Crippen LogP) is 2.40. The number of aliphatic hydroxyl groups excluding tert-OH is 1. The van der Waals surface area contributed by atoms with Gasteiger partial charge in [0.1, 0.15) is 6.10 Å². The largest absolute Gasteiger partial charge is 0.382 e. The number of carbonyl (C=O) groups is 3. The molecule has 2 atom stereocenters. The molecule has 0 aliphatic heterocycles. The summed E-state index contributed by atoms with van der Waals surface area (Å²) in [6, 6.07) is 8.82. The highest BCUT2D eigenvalue weighted by Gasteiger charge is 2.37. The maximum absolute atomic E-state index is 12.3. The van der Waals surface area contributed by atoms with Gasteiger partial charge < -0.3 is 15.7 Å². The summed E-state index contributed by atoms with van der Waals surface area (Å²) in [7, 11) is 1.39. The predicted molar refractivity (Wildman–Crippen MR) is 117 cm³/mol. The highest BCUT2D eigenvalue weighted by molar-refractivity contribution is 7.99. The van der Waals surface area contributed by atoms with Crippen molar-refractivity contribution in [1.82, 2.24) is 15.7 Å². The number of aliphatic hydroxyl groups is 1. The Morgan fingerprint density at radius 3 is 2.30 bits per heavy atom. The summed E-state index contributed by atoms with van der Waals surface area (Å²) in [4.78, 5) is 36.6. The van der Waals surface area contributed by atoms with Gasteiger partial charge >= 0.3 is 6.03 Å². The normalized spacial score (nSPS) is 13.5. The number of hydrogen-bond acceptors (Lipinski definition) is 6. The maximum atomic E-state index is 12.3. The van der Waals surface area contributed by atoms with Crippen LogP contribution in [-0.4, -0.2) is 57.7 Å². The molecule has 0 saturated heterocycles. The van der Waals surface area contributed by atoms with Crippen LogP contribution in [0.3, 0.4) is 0 Å². The summed E-state index contributed by atoms with van der Waals surface area (Å²) < 4.78 is -0.365. The minimum absolute atomic E-state index is 0.0261. The number of nitrogens with one attached hydrogen (secondary N) is 2. The Morgan fingerprint density at radius 2 is 1.77 bits per heavy atom. The molecule has 1 aromatic carbocycles. The number of nitrogens with zero attached hydrogens (tertiary/aromatic N) is 1. The molecule has 4 amide bonds. The quantitative estimate of drug-likeness (QED) is 0.328.